The molecule has 0 aliphatic heterocycles. The van der Waals surface area contributed by atoms with E-state index in [4.69, 9.17) is 11.6 Å². The van der Waals surface area contributed by atoms with Crippen LogP contribution in [0.1, 0.15) is 0 Å². The Hall–Kier alpha value is -0.650. The van der Waals surface area contributed by atoms with Crippen molar-refractivity contribution in [3.8, 4) is 17.2 Å². The van der Waals surface area contributed by atoms with Crippen molar-refractivity contribution >= 4 is 55.9 Å². The van der Waals surface area contributed by atoms with Crippen LogP contribution < -0.4 is 64.4 Å². The summed E-state index contributed by atoms with van der Waals surface area (Å²) in [6.45, 7) is 0. The second-order valence-electron chi connectivity index (χ2n) is 5.62. The number of halogens is 1. The van der Waals surface area contributed by atoms with Crippen molar-refractivity contribution in [2.45, 2.75) is 9.79 Å². The van der Waals surface area contributed by atoms with E-state index in [-0.39, 0.29) is 96.9 Å². The van der Waals surface area contributed by atoms with Crippen molar-refractivity contribution in [3.05, 3.63) is 41.4 Å². The molecule has 0 bridgehead atoms. The largest absolute Gasteiger partial charge is 1.00 e. The SMILES string of the molecule is O=S(=O)([O-])c1cc(O)c2c(O)c(N=Nc3cc(Cl)ccc3O)c(SOO[O-])cc2c1.[Na+].[Na+]. The number of azo groups is 1. The first-order valence-corrected chi connectivity index (χ1v) is 10.2. The fourth-order valence-corrected chi connectivity index (χ4v) is 3.66. The molecule has 0 heterocycles. The summed E-state index contributed by atoms with van der Waals surface area (Å²) in [5, 5.41) is 51.5. The third-order valence-electron chi connectivity index (χ3n) is 3.74. The van der Waals surface area contributed by atoms with E-state index in [1.165, 1.54) is 24.3 Å². The van der Waals surface area contributed by atoms with Gasteiger partial charge in [-0.15, -0.1) is 10.2 Å². The number of phenols is 3. The van der Waals surface area contributed by atoms with E-state index < -0.39 is 26.5 Å². The quantitative estimate of drug-likeness (QED) is 0.0767. The van der Waals surface area contributed by atoms with E-state index in [0.717, 1.165) is 6.07 Å². The van der Waals surface area contributed by atoms with Crippen LogP contribution in [0.3, 0.4) is 0 Å². The smallest absolute Gasteiger partial charge is 0.744 e. The first-order chi connectivity index (χ1) is 14.1. The van der Waals surface area contributed by atoms with E-state index >= 15 is 0 Å². The Labute approximate surface area is 234 Å². The molecule has 0 aliphatic carbocycles. The standard InChI is InChI=1S/C16H11ClN2O9S2.2Na/c17-8-1-2-11(20)10(5-8)18-19-15-13(29-28-27-23)4-7-3-9(30(24,25)26)6-12(21)14(7)16(15)22;;/h1-6,20-23H,(H,24,25,26);;/q;2*+1/p-2. The molecule has 32 heavy (non-hydrogen) atoms. The van der Waals surface area contributed by atoms with E-state index in [2.05, 4.69) is 19.6 Å². The van der Waals surface area contributed by atoms with Gasteiger partial charge in [0.25, 0.3) is 0 Å². The zero-order valence-electron chi connectivity index (χ0n) is 16.3. The molecule has 0 aliphatic rings. The molecule has 0 atom stereocenters. The molecule has 16 heteroatoms. The second-order valence-corrected chi connectivity index (χ2v) is 8.18. The van der Waals surface area contributed by atoms with Gasteiger partial charge in [-0.1, -0.05) is 11.6 Å². The molecule has 3 rings (SSSR count). The summed E-state index contributed by atoms with van der Waals surface area (Å²) in [6.07, 6.45) is 0. The first kappa shape index (κ1) is 29.4. The van der Waals surface area contributed by atoms with Crippen molar-refractivity contribution in [2.24, 2.45) is 10.2 Å². The molecule has 0 unspecified atom stereocenters. The predicted molar refractivity (Wildman–Crippen MR) is 101 cm³/mol. The van der Waals surface area contributed by atoms with Gasteiger partial charge in [-0.3, -0.25) is 5.04 Å². The predicted octanol–water partition coefficient (Wildman–Crippen LogP) is -2.83. The van der Waals surface area contributed by atoms with Crippen LogP contribution in [0.4, 0.5) is 11.4 Å². The van der Waals surface area contributed by atoms with Crippen molar-refractivity contribution in [3.63, 3.8) is 0 Å². The zero-order valence-corrected chi connectivity index (χ0v) is 22.7. The van der Waals surface area contributed by atoms with Gasteiger partial charge in [-0.2, -0.15) is 4.33 Å². The van der Waals surface area contributed by atoms with Gasteiger partial charge >= 0.3 is 59.1 Å². The molecule has 0 saturated carbocycles. The number of hydrogen-bond donors (Lipinski definition) is 3. The van der Waals surface area contributed by atoms with Gasteiger partial charge in [0.1, 0.15) is 33.0 Å². The Bertz CT molecular complexity index is 1280. The third-order valence-corrected chi connectivity index (χ3v) is 5.40. The summed E-state index contributed by atoms with van der Waals surface area (Å²) >= 11 is 6.13. The van der Waals surface area contributed by atoms with Gasteiger partial charge in [0.15, 0.2) is 5.75 Å². The van der Waals surface area contributed by atoms with Crippen LogP contribution in [0.5, 0.6) is 17.2 Å². The average molecular weight is 519 g/mol. The van der Waals surface area contributed by atoms with Crippen molar-refractivity contribution in [1.29, 1.82) is 0 Å². The molecule has 0 amide bonds. The van der Waals surface area contributed by atoms with Crippen molar-refractivity contribution in [2.75, 3.05) is 0 Å². The molecule has 11 nitrogen and oxygen atoms in total. The van der Waals surface area contributed by atoms with E-state index in [0.29, 0.717) is 18.1 Å². The Balaban J connectivity index is 0.00000256. The Morgan fingerprint density at radius 3 is 2.31 bits per heavy atom. The number of nitrogens with zero attached hydrogens (tertiary/aromatic N) is 2. The molecular formula is C16H9ClN2Na2O9S2. The molecule has 0 fully saturated rings. The van der Waals surface area contributed by atoms with Gasteiger partial charge in [-0.05, 0) is 41.8 Å². The molecule has 3 aromatic rings. The van der Waals surface area contributed by atoms with Crippen molar-refractivity contribution < 1.29 is 102 Å². The van der Waals surface area contributed by atoms with Gasteiger partial charge in [-0.25, -0.2) is 8.42 Å². The third kappa shape index (κ3) is 6.70. The molecule has 3 N–H and O–H groups in total. The van der Waals surface area contributed by atoms with Crippen LogP contribution in [0.25, 0.3) is 10.8 Å². The van der Waals surface area contributed by atoms with E-state index in [1.54, 1.807) is 0 Å². The number of hydrogen-bond acceptors (Lipinski definition) is 12. The minimum atomic E-state index is -4.91. The van der Waals surface area contributed by atoms with E-state index in [1.807, 2.05) is 0 Å². The Morgan fingerprint density at radius 1 is 1.00 bits per heavy atom. The molecule has 158 valence electrons. The van der Waals surface area contributed by atoms with Crippen LogP contribution >= 0.6 is 23.6 Å². The summed E-state index contributed by atoms with van der Waals surface area (Å²) < 4.78 is 38.0. The van der Waals surface area contributed by atoms with Crippen LogP contribution in [0.2, 0.25) is 5.02 Å². The normalized spacial score (nSPS) is 11.3. The minimum Gasteiger partial charge on any atom is -0.744 e. The molecule has 0 saturated heterocycles. The molecule has 3 aromatic carbocycles. The maximum absolute atomic E-state index is 11.3. The first-order valence-electron chi connectivity index (χ1n) is 7.64. The summed E-state index contributed by atoms with van der Waals surface area (Å²) in [4.78, 5) is -0.844. The average Bonchev–Trinajstić information content (AvgIpc) is 2.67. The monoisotopic (exact) mass is 518 g/mol. The molecule has 0 spiro atoms. The maximum Gasteiger partial charge on any atom is 1.00 e. The zero-order chi connectivity index (χ0) is 22.1. The maximum atomic E-state index is 11.3. The molecule has 0 radical (unpaired) electrons. The second kappa shape index (κ2) is 12.2. The number of aromatic hydroxyl groups is 3. The molecule has 0 aromatic heterocycles. The summed E-state index contributed by atoms with van der Waals surface area (Å²) in [7, 11) is -4.91. The number of fused-ring (bicyclic) bond motifs is 1. The summed E-state index contributed by atoms with van der Waals surface area (Å²) in [6, 6.07) is 6.69. The number of benzene rings is 3. The Kier molecular flexibility index (Phi) is 11.2. The van der Waals surface area contributed by atoms with Crippen molar-refractivity contribution in [1.82, 2.24) is 0 Å². The van der Waals surface area contributed by atoms with Gasteiger partial charge < -0.3 is 25.1 Å². The number of phenolic OH excluding ortho intramolecular Hbond substituents is 3. The van der Waals surface area contributed by atoms with E-state index in [9.17, 15) is 33.5 Å². The van der Waals surface area contributed by atoms with Crippen LogP contribution in [-0.4, -0.2) is 28.3 Å². The summed E-state index contributed by atoms with van der Waals surface area (Å²) in [5.74, 6) is -1.67. The summed E-state index contributed by atoms with van der Waals surface area (Å²) in [5.41, 5.74) is -0.382. The molecular weight excluding hydrogens is 510 g/mol. The van der Waals surface area contributed by atoms with Crippen LogP contribution in [0, 0.1) is 0 Å². The van der Waals surface area contributed by atoms with Crippen LogP contribution in [0.15, 0.2) is 56.4 Å². The fourth-order valence-electron chi connectivity index (χ4n) is 2.47. The van der Waals surface area contributed by atoms with Gasteiger partial charge in [0.2, 0.25) is 0 Å². The van der Waals surface area contributed by atoms with Gasteiger partial charge in [0, 0.05) is 5.02 Å². The topological polar surface area (TPSA) is 184 Å². The Morgan fingerprint density at radius 2 is 1.69 bits per heavy atom. The van der Waals surface area contributed by atoms with Gasteiger partial charge in [0.05, 0.1) is 27.2 Å². The minimum absolute atomic E-state index is 0. The number of rotatable bonds is 6. The fraction of sp³-hybridized carbons (Fsp3) is 0. The van der Waals surface area contributed by atoms with Crippen LogP contribution in [-0.2, 0) is 19.5 Å².